The summed E-state index contributed by atoms with van der Waals surface area (Å²) in [4.78, 5) is 30.1. The number of benzene rings is 4. The van der Waals surface area contributed by atoms with Crippen molar-refractivity contribution < 1.29 is 19.1 Å². The third-order valence-electron chi connectivity index (χ3n) is 7.44. The molecular weight excluding hydrogens is 578 g/mol. The Bertz CT molecular complexity index is 1750. The van der Waals surface area contributed by atoms with Crippen LogP contribution in [0.1, 0.15) is 42.5 Å². The number of rotatable bonds is 11. The lowest BCUT2D eigenvalue weighted by Gasteiger charge is -2.32. The van der Waals surface area contributed by atoms with Crippen molar-refractivity contribution in [2.45, 2.75) is 38.9 Å². The predicted octanol–water partition coefficient (Wildman–Crippen LogP) is 6.63. The fourth-order valence-corrected chi connectivity index (χ4v) is 5.13. The van der Waals surface area contributed by atoms with Gasteiger partial charge in [-0.25, -0.2) is 4.68 Å². The van der Waals surface area contributed by atoms with E-state index in [-0.39, 0.29) is 19.0 Å². The van der Waals surface area contributed by atoms with Crippen molar-refractivity contribution in [2.24, 2.45) is 0 Å². The molecule has 0 spiro atoms. The fraction of sp³-hybridized carbons (Fsp3) is 0.235. The first-order chi connectivity index (χ1) is 21.3. The molecule has 5 aromatic rings. The van der Waals surface area contributed by atoms with Gasteiger partial charge in [0.25, 0.3) is 5.91 Å². The summed E-state index contributed by atoms with van der Waals surface area (Å²) in [6, 6.07) is 26.6. The average Bonchev–Trinajstić information content (AvgIpc) is 3.44. The molecule has 0 fully saturated rings. The first kappa shape index (κ1) is 30.6. The molecule has 1 atom stereocenters. The number of hydrogen-bond donors (Lipinski definition) is 1. The van der Waals surface area contributed by atoms with E-state index in [1.807, 2.05) is 60.7 Å². The van der Waals surface area contributed by atoms with E-state index in [0.717, 1.165) is 16.6 Å². The highest BCUT2D eigenvalue weighted by Crippen LogP contribution is 2.32. The Morgan fingerprint density at radius 3 is 2.30 bits per heavy atom. The van der Waals surface area contributed by atoms with Crippen LogP contribution in [-0.4, -0.2) is 45.9 Å². The van der Waals surface area contributed by atoms with Gasteiger partial charge in [0.1, 0.15) is 29.6 Å². The highest BCUT2D eigenvalue weighted by atomic mass is 35.5. The van der Waals surface area contributed by atoms with Crippen LogP contribution in [-0.2, 0) is 22.7 Å². The summed E-state index contributed by atoms with van der Waals surface area (Å²) in [6.07, 6.45) is 0. The van der Waals surface area contributed by atoms with Gasteiger partial charge in [-0.3, -0.25) is 9.59 Å². The number of aromatic nitrogens is 3. The number of ether oxygens (including phenoxy) is 2. The summed E-state index contributed by atoms with van der Waals surface area (Å²) in [5.74, 6) is 0.589. The van der Waals surface area contributed by atoms with Crippen LogP contribution in [0.25, 0.3) is 11.0 Å². The zero-order valence-electron chi connectivity index (χ0n) is 25.0. The lowest BCUT2D eigenvalue weighted by atomic mass is 9.97. The van der Waals surface area contributed by atoms with Crippen molar-refractivity contribution in [3.05, 3.63) is 113 Å². The Morgan fingerprint density at radius 2 is 1.61 bits per heavy atom. The quantitative estimate of drug-likeness (QED) is 0.180. The van der Waals surface area contributed by atoms with Gasteiger partial charge in [-0.15, -0.1) is 5.10 Å². The SMILES string of the molecule is COc1ccc(NC(=O)C(c2ccc(C(C)C)cc2)N(Cc2ccc(Cl)cc2)C(=O)Cn2nnc3ccccc32)c(OC)c1. The van der Waals surface area contributed by atoms with Gasteiger partial charge in [0.2, 0.25) is 5.91 Å². The van der Waals surface area contributed by atoms with Crippen molar-refractivity contribution in [1.82, 2.24) is 19.9 Å². The molecule has 0 aliphatic carbocycles. The molecule has 1 N–H and O–H groups in total. The van der Waals surface area contributed by atoms with Gasteiger partial charge in [0.05, 0.1) is 25.4 Å². The number of nitrogens with zero attached hydrogens (tertiary/aromatic N) is 4. The summed E-state index contributed by atoms with van der Waals surface area (Å²) < 4.78 is 12.4. The van der Waals surface area contributed by atoms with Gasteiger partial charge < -0.3 is 19.7 Å². The number of hydrogen-bond acceptors (Lipinski definition) is 6. The Morgan fingerprint density at radius 1 is 0.909 bits per heavy atom. The molecule has 0 saturated heterocycles. The molecule has 0 aliphatic rings. The van der Waals surface area contributed by atoms with Crippen molar-refractivity contribution in [1.29, 1.82) is 0 Å². The van der Waals surface area contributed by atoms with Crippen LogP contribution in [0.15, 0.2) is 91.0 Å². The Hall–Kier alpha value is -4.89. The second kappa shape index (κ2) is 13.6. The molecule has 0 saturated carbocycles. The number of para-hydroxylation sites is 1. The number of nitrogens with one attached hydrogen (secondary N) is 1. The molecule has 1 unspecified atom stereocenters. The minimum Gasteiger partial charge on any atom is -0.497 e. The molecule has 0 radical (unpaired) electrons. The Balaban J connectivity index is 1.58. The van der Waals surface area contributed by atoms with Crippen LogP contribution in [0.2, 0.25) is 5.02 Å². The Labute approximate surface area is 261 Å². The predicted molar refractivity (Wildman–Crippen MR) is 171 cm³/mol. The highest BCUT2D eigenvalue weighted by Gasteiger charge is 2.33. The van der Waals surface area contributed by atoms with Crippen LogP contribution >= 0.6 is 11.6 Å². The largest absolute Gasteiger partial charge is 0.497 e. The first-order valence-electron chi connectivity index (χ1n) is 14.2. The van der Waals surface area contributed by atoms with Gasteiger partial charge in [-0.1, -0.05) is 79.2 Å². The highest BCUT2D eigenvalue weighted by molar-refractivity contribution is 6.30. The normalized spacial score (nSPS) is 11.8. The maximum atomic E-state index is 14.3. The van der Waals surface area contributed by atoms with Crippen molar-refractivity contribution in [3.63, 3.8) is 0 Å². The first-order valence-corrected chi connectivity index (χ1v) is 14.6. The monoisotopic (exact) mass is 611 g/mol. The molecule has 1 aromatic heterocycles. The van der Waals surface area contributed by atoms with E-state index in [2.05, 4.69) is 29.5 Å². The van der Waals surface area contributed by atoms with Crippen LogP contribution in [0.4, 0.5) is 5.69 Å². The van der Waals surface area contributed by atoms with E-state index >= 15 is 0 Å². The standard InChI is InChI=1S/C34H34ClN5O4/c1-22(2)24-11-13-25(14-12-24)33(34(42)36-29-18-17-27(43-3)19-31(29)44-4)39(20-23-9-15-26(35)16-10-23)32(41)21-40-30-8-6-5-7-28(30)37-38-40/h5-19,22,33H,20-21H2,1-4H3,(H,36,42). The minimum atomic E-state index is -0.999. The van der Waals surface area contributed by atoms with E-state index in [1.54, 1.807) is 47.0 Å². The molecular formula is C34H34ClN5O4. The van der Waals surface area contributed by atoms with Crippen molar-refractivity contribution in [2.75, 3.05) is 19.5 Å². The third kappa shape index (κ3) is 6.84. The van der Waals surface area contributed by atoms with Crippen LogP contribution in [0.5, 0.6) is 11.5 Å². The number of halogens is 1. The van der Waals surface area contributed by atoms with Gasteiger partial charge in [0.15, 0.2) is 0 Å². The molecule has 44 heavy (non-hydrogen) atoms. The summed E-state index contributed by atoms with van der Waals surface area (Å²) in [6.45, 7) is 4.24. The number of amides is 2. The number of carbonyl (C=O) groups is 2. The number of fused-ring (bicyclic) bond motifs is 1. The van der Waals surface area contributed by atoms with Gasteiger partial charge in [0, 0.05) is 17.6 Å². The van der Waals surface area contributed by atoms with Crippen LogP contribution in [0, 0.1) is 0 Å². The van der Waals surface area contributed by atoms with E-state index in [0.29, 0.717) is 39.2 Å². The second-order valence-electron chi connectivity index (χ2n) is 10.7. The van der Waals surface area contributed by atoms with Crippen LogP contribution < -0.4 is 14.8 Å². The van der Waals surface area contributed by atoms with Crippen molar-refractivity contribution in [3.8, 4) is 11.5 Å². The molecule has 9 nitrogen and oxygen atoms in total. The topological polar surface area (TPSA) is 98.6 Å². The maximum absolute atomic E-state index is 14.3. The molecule has 0 bridgehead atoms. The lowest BCUT2D eigenvalue weighted by Crippen LogP contribution is -2.42. The average molecular weight is 612 g/mol. The molecule has 5 rings (SSSR count). The zero-order valence-corrected chi connectivity index (χ0v) is 25.8. The molecule has 2 amide bonds. The van der Waals surface area contributed by atoms with Gasteiger partial charge in [-0.05, 0) is 59.0 Å². The second-order valence-corrected chi connectivity index (χ2v) is 11.1. The van der Waals surface area contributed by atoms with E-state index < -0.39 is 11.9 Å². The zero-order chi connectivity index (χ0) is 31.2. The number of carbonyl (C=O) groups excluding carboxylic acids is 2. The van der Waals surface area contributed by atoms with E-state index in [1.165, 1.54) is 7.11 Å². The van der Waals surface area contributed by atoms with Gasteiger partial charge in [-0.2, -0.15) is 0 Å². The smallest absolute Gasteiger partial charge is 0.251 e. The lowest BCUT2D eigenvalue weighted by molar-refractivity contribution is -0.140. The summed E-state index contributed by atoms with van der Waals surface area (Å²) in [5.41, 5.74) is 4.43. The van der Waals surface area contributed by atoms with Crippen LogP contribution in [0.3, 0.4) is 0 Å². The third-order valence-corrected chi connectivity index (χ3v) is 7.69. The number of anilines is 1. The number of methoxy groups -OCH3 is 2. The molecule has 10 heteroatoms. The Kier molecular flexibility index (Phi) is 9.45. The fourth-order valence-electron chi connectivity index (χ4n) is 5.00. The molecule has 226 valence electrons. The minimum absolute atomic E-state index is 0.117. The summed E-state index contributed by atoms with van der Waals surface area (Å²) in [5, 5.41) is 12.0. The van der Waals surface area contributed by atoms with Gasteiger partial charge >= 0.3 is 0 Å². The molecule has 4 aromatic carbocycles. The summed E-state index contributed by atoms with van der Waals surface area (Å²) in [7, 11) is 3.08. The van der Waals surface area contributed by atoms with E-state index in [9.17, 15) is 9.59 Å². The maximum Gasteiger partial charge on any atom is 0.251 e. The molecule has 1 heterocycles. The summed E-state index contributed by atoms with van der Waals surface area (Å²) >= 11 is 6.17. The van der Waals surface area contributed by atoms with E-state index in [4.69, 9.17) is 21.1 Å². The van der Waals surface area contributed by atoms with Crippen molar-refractivity contribution >= 4 is 40.1 Å². The molecule has 0 aliphatic heterocycles.